The van der Waals surface area contributed by atoms with Crippen molar-refractivity contribution in [2.45, 2.75) is 38.2 Å². The number of carbonyl (C=O) groups is 2. The lowest BCUT2D eigenvalue weighted by atomic mass is 9.70. The van der Waals surface area contributed by atoms with Crippen molar-refractivity contribution in [3.63, 3.8) is 0 Å². The standard InChI is InChI=1S/C19H25NO6/c1-18(17(23)24)7-9-19(25,10-8-18)12-20-16(22)6-4-13-3-5-14(21)15(11-13)26-2/h3-6,11,21,25H,7-10,12H2,1-2H3,(H,20,22)(H,23,24)/t18-,19-. The van der Waals surface area contributed by atoms with E-state index in [9.17, 15) is 24.9 Å². The van der Waals surface area contributed by atoms with Crippen molar-refractivity contribution in [2.24, 2.45) is 5.41 Å². The fourth-order valence-electron chi connectivity index (χ4n) is 2.94. The van der Waals surface area contributed by atoms with Gasteiger partial charge in [-0.3, -0.25) is 9.59 Å². The molecule has 1 aromatic carbocycles. The van der Waals surface area contributed by atoms with Gasteiger partial charge in [-0.25, -0.2) is 0 Å². The van der Waals surface area contributed by atoms with Gasteiger partial charge >= 0.3 is 5.97 Å². The first-order valence-electron chi connectivity index (χ1n) is 8.46. The molecule has 2 rings (SSSR count). The zero-order chi connectivity index (χ0) is 19.4. The van der Waals surface area contributed by atoms with Crippen LogP contribution in [0.15, 0.2) is 24.3 Å². The van der Waals surface area contributed by atoms with E-state index in [4.69, 9.17) is 4.74 Å². The number of carboxylic acid groups (broad SMARTS) is 1. The fraction of sp³-hybridized carbons (Fsp3) is 0.474. The summed E-state index contributed by atoms with van der Waals surface area (Å²) in [6, 6.07) is 4.71. The number of hydrogen-bond donors (Lipinski definition) is 4. The Kier molecular flexibility index (Phi) is 5.92. The molecule has 0 atom stereocenters. The summed E-state index contributed by atoms with van der Waals surface area (Å²) in [7, 11) is 1.44. The quantitative estimate of drug-likeness (QED) is 0.574. The highest BCUT2D eigenvalue weighted by Gasteiger charge is 2.43. The number of nitrogens with one attached hydrogen (secondary N) is 1. The Hall–Kier alpha value is -2.54. The summed E-state index contributed by atoms with van der Waals surface area (Å²) in [4.78, 5) is 23.2. The van der Waals surface area contributed by atoms with Crippen LogP contribution in [0.5, 0.6) is 11.5 Å². The van der Waals surface area contributed by atoms with Gasteiger partial charge in [-0.1, -0.05) is 6.07 Å². The van der Waals surface area contributed by atoms with E-state index in [1.165, 1.54) is 19.3 Å². The highest BCUT2D eigenvalue weighted by Crippen LogP contribution is 2.40. The number of phenolic OH excluding ortho intramolecular Hbond substituents is 1. The van der Waals surface area contributed by atoms with Crippen LogP contribution >= 0.6 is 0 Å². The van der Waals surface area contributed by atoms with Gasteiger partial charge in [0.1, 0.15) is 0 Å². The second-order valence-electron chi connectivity index (χ2n) is 7.07. The molecule has 1 aliphatic carbocycles. The summed E-state index contributed by atoms with van der Waals surface area (Å²) in [5.41, 5.74) is -1.21. The molecule has 1 saturated carbocycles. The molecule has 0 spiro atoms. The van der Waals surface area contributed by atoms with Gasteiger partial charge in [-0.15, -0.1) is 0 Å². The molecule has 0 saturated heterocycles. The zero-order valence-electron chi connectivity index (χ0n) is 15.0. The molecule has 142 valence electrons. The minimum absolute atomic E-state index is 0.0157. The molecule has 0 unspecified atom stereocenters. The van der Waals surface area contributed by atoms with Crippen LogP contribution in [-0.4, -0.2) is 46.5 Å². The van der Waals surface area contributed by atoms with Gasteiger partial charge in [0.25, 0.3) is 0 Å². The Morgan fingerprint density at radius 1 is 1.27 bits per heavy atom. The Labute approximate surface area is 152 Å². The predicted octanol–water partition coefficient (Wildman–Crippen LogP) is 1.93. The van der Waals surface area contributed by atoms with Crippen LogP contribution in [0.1, 0.15) is 38.2 Å². The summed E-state index contributed by atoms with van der Waals surface area (Å²) in [5, 5.41) is 32.0. The van der Waals surface area contributed by atoms with E-state index in [0.717, 1.165) is 0 Å². The molecule has 0 aromatic heterocycles. The number of ether oxygens (including phenoxy) is 1. The lowest BCUT2D eigenvalue weighted by Crippen LogP contribution is -2.48. The second-order valence-corrected chi connectivity index (χ2v) is 7.07. The van der Waals surface area contributed by atoms with Gasteiger partial charge in [0, 0.05) is 12.6 Å². The molecule has 4 N–H and O–H groups in total. The van der Waals surface area contributed by atoms with Gasteiger partial charge in [-0.05, 0) is 56.4 Å². The van der Waals surface area contributed by atoms with Gasteiger partial charge in [0.15, 0.2) is 11.5 Å². The molecule has 7 heteroatoms. The molecule has 26 heavy (non-hydrogen) atoms. The number of rotatable bonds is 6. The molecule has 0 radical (unpaired) electrons. The highest BCUT2D eigenvalue weighted by molar-refractivity contribution is 5.91. The van der Waals surface area contributed by atoms with E-state index < -0.39 is 17.0 Å². The first kappa shape index (κ1) is 19.8. The van der Waals surface area contributed by atoms with Crippen LogP contribution in [0.25, 0.3) is 6.08 Å². The van der Waals surface area contributed by atoms with Crippen LogP contribution in [0, 0.1) is 5.41 Å². The number of amides is 1. The molecular formula is C19H25NO6. The predicted molar refractivity (Wildman–Crippen MR) is 95.9 cm³/mol. The third-order valence-electron chi connectivity index (χ3n) is 5.02. The second kappa shape index (κ2) is 7.78. The van der Waals surface area contributed by atoms with Crippen molar-refractivity contribution in [1.82, 2.24) is 5.32 Å². The van der Waals surface area contributed by atoms with E-state index >= 15 is 0 Å². The van der Waals surface area contributed by atoms with Crippen molar-refractivity contribution < 1.29 is 29.6 Å². The van der Waals surface area contributed by atoms with E-state index in [1.807, 2.05) is 0 Å². The van der Waals surface area contributed by atoms with Crippen molar-refractivity contribution >= 4 is 18.0 Å². The minimum atomic E-state index is -1.08. The third kappa shape index (κ3) is 4.76. The number of phenols is 1. The van der Waals surface area contributed by atoms with Crippen molar-refractivity contribution in [1.29, 1.82) is 0 Å². The third-order valence-corrected chi connectivity index (χ3v) is 5.02. The smallest absolute Gasteiger partial charge is 0.309 e. The first-order valence-corrected chi connectivity index (χ1v) is 8.46. The van der Waals surface area contributed by atoms with Gasteiger partial charge in [-0.2, -0.15) is 0 Å². The molecule has 1 fully saturated rings. The lowest BCUT2D eigenvalue weighted by molar-refractivity contribution is -0.153. The molecule has 7 nitrogen and oxygen atoms in total. The molecule has 1 aliphatic rings. The molecule has 0 aliphatic heterocycles. The molecular weight excluding hydrogens is 338 g/mol. The zero-order valence-corrected chi connectivity index (χ0v) is 15.0. The number of hydrogen-bond acceptors (Lipinski definition) is 5. The van der Waals surface area contributed by atoms with Gasteiger partial charge in [0.2, 0.25) is 5.91 Å². The Bertz CT molecular complexity index is 704. The van der Waals surface area contributed by atoms with E-state index in [0.29, 0.717) is 37.0 Å². The average Bonchev–Trinajstić information content (AvgIpc) is 2.62. The minimum Gasteiger partial charge on any atom is -0.504 e. The van der Waals surface area contributed by atoms with Crippen LogP contribution in [0.4, 0.5) is 0 Å². The van der Waals surface area contributed by atoms with E-state index in [-0.39, 0.29) is 18.2 Å². The van der Waals surface area contributed by atoms with Crippen LogP contribution in [0.3, 0.4) is 0 Å². The molecule has 1 aromatic rings. The fourth-order valence-corrected chi connectivity index (χ4v) is 2.94. The summed E-state index contributed by atoms with van der Waals surface area (Å²) >= 11 is 0. The van der Waals surface area contributed by atoms with E-state index in [2.05, 4.69) is 5.32 Å². The Balaban J connectivity index is 1.88. The number of aliphatic hydroxyl groups is 1. The number of aliphatic carboxylic acids is 1. The number of carboxylic acids is 1. The number of benzene rings is 1. The van der Waals surface area contributed by atoms with Crippen molar-refractivity contribution in [2.75, 3.05) is 13.7 Å². The van der Waals surface area contributed by atoms with Crippen molar-refractivity contribution in [3.8, 4) is 11.5 Å². The van der Waals surface area contributed by atoms with Crippen molar-refractivity contribution in [3.05, 3.63) is 29.8 Å². The molecule has 1 amide bonds. The molecule has 0 heterocycles. The van der Waals surface area contributed by atoms with Crippen LogP contribution < -0.4 is 10.1 Å². The highest BCUT2D eigenvalue weighted by atomic mass is 16.5. The van der Waals surface area contributed by atoms with Crippen LogP contribution in [-0.2, 0) is 9.59 Å². The average molecular weight is 363 g/mol. The van der Waals surface area contributed by atoms with Gasteiger partial charge in [0.05, 0.1) is 18.1 Å². The maximum atomic E-state index is 12.0. The number of methoxy groups -OCH3 is 1. The SMILES string of the molecule is COc1cc(C=CC(=O)NC[C@]2(O)CC[C@](C)(C(=O)O)CC2)ccc1O. The molecule has 0 bridgehead atoms. The van der Waals surface area contributed by atoms with Crippen LogP contribution in [0.2, 0.25) is 0 Å². The lowest BCUT2D eigenvalue weighted by Gasteiger charge is -2.39. The summed E-state index contributed by atoms with van der Waals surface area (Å²) < 4.78 is 5.01. The number of carbonyl (C=O) groups excluding carboxylic acids is 1. The van der Waals surface area contributed by atoms with E-state index in [1.54, 1.807) is 25.1 Å². The van der Waals surface area contributed by atoms with Gasteiger partial charge < -0.3 is 25.4 Å². The monoisotopic (exact) mass is 363 g/mol. The topological polar surface area (TPSA) is 116 Å². The Morgan fingerprint density at radius 3 is 2.50 bits per heavy atom. The largest absolute Gasteiger partial charge is 0.504 e. The normalized spacial score (nSPS) is 25.8. The Morgan fingerprint density at radius 2 is 1.92 bits per heavy atom. The summed E-state index contributed by atoms with van der Waals surface area (Å²) in [6.07, 6.45) is 4.31. The maximum absolute atomic E-state index is 12.0. The maximum Gasteiger partial charge on any atom is 0.309 e. The summed E-state index contributed by atoms with van der Waals surface area (Å²) in [5.74, 6) is -0.889. The first-order chi connectivity index (χ1) is 12.2. The summed E-state index contributed by atoms with van der Waals surface area (Å²) in [6.45, 7) is 1.76. The number of aromatic hydroxyl groups is 1.